The number of hydrogen-bond acceptors (Lipinski definition) is 5. The Morgan fingerprint density at radius 2 is 1.76 bits per heavy atom. The zero-order valence-electron chi connectivity index (χ0n) is 23.8. The molecule has 1 aromatic carbocycles. The standard InChI is InChI=1S/C11H19NO2.C10H10ClN.C5H7N.C5H11N/c1-3-4-8-12-9-6-5-7-10(2)11(13)14;1-2-7-12-8-9-3-5-10(11)6-4-9;1-3-5(2)4-6;1-2-3-4-5-6/h4,8-10H,3,5-7H2,1-2H3,(H,13,14);2-8H,1H3;3,5H,1H2,2H3;3-4H,2,5-6H2,1H3/b8-4+,12-9?;7-2+,12-8?;;4-3+. The second kappa shape index (κ2) is 31.8. The van der Waals surface area contributed by atoms with Crippen molar-refractivity contribution in [2.75, 3.05) is 6.54 Å². The number of nitriles is 1. The summed E-state index contributed by atoms with van der Waals surface area (Å²) >= 11 is 5.71. The SMILES string of the molecule is C/C=C/N=Cc1ccc(Cl)cc1.C=CC(C)C#N.CC/C=C/CN.CC/C=C/N=CCCCC(C)C(=O)O. The topological polar surface area (TPSA) is 112 Å². The number of halogens is 1. The Balaban J connectivity index is -0.000000460. The molecule has 6 nitrogen and oxygen atoms in total. The number of allylic oxidation sites excluding steroid dienone is 4. The third kappa shape index (κ3) is 32.7. The van der Waals surface area contributed by atoms with Gasteiger partial charge in [0.15, 0.2) is 0 Å². The van der Waals surface area contributed by atoms with Gasteiger partial charge >= 0.3 is 5.97 Å². The molecule has 38 heavy (non-hydrogen) atoms. The van der Waals surface area contributed by atoms with Gasteiger partial charge in [-0.15, -0.1) is 6.58 Å². The Kier molecular flexibility index (Phi) is 32.8. The zero-order valence-corrected chi connectivity index (χ0v) is 24.5. The molecule has 0 aliphatic rings. The lowest BCUT2D eigenvalue weighted by molar-refractivity contribution is -0.141. The molecule has 0 fully saturated rings. The van der Waals surface area contributed by atoms with Crippen LogP contribution in [0.25, 0.3) is 0 Å². The molecule has 0 saturated carbocycles. The number of nitrogens with zero attached hydrogens (tertiary/aromatic N) is 3. The van der Waals surface area contributed by atoms with Crippen LogP contribution in [0, 0.1) is 23.2 Å². The Morgan fingerprint density at radius 3 is 2.18 bits per heavy atom. The Labute approximate surface area is 236 Å². The monoisotopic (exact) mass is 542 g/mol. The Bertz CT molecular complexity index is 876. The quantitative estimate of drug-likeness (QED) is 0.157. The lowest BCUT2D eigenvalue weighted by Crippen LogP contribution is -2.08. The second-order valence-electron chi connectivity index (χ2n) is 7.88. The van der Waals surface area contributed by atoms with E-state index >= 15 is 0 Å². The first kappa shape index (κ1) is 39.2. The molecule has 0 saturated heterocycles. The molecule has 0 spiro atoms. The maximum Gasteiger partial charge on any atom is 0.306 e. The highest BCUT2D eigenvalue weighted by molar-refractivity contribution is 6.30. The minimum absolute atomic E-state index is 0.00463. The van der Waals surface area contributed by atoms with Crippen LogP contribution in [0.2, 0.25) is 5.02 Å². The molecule has 0 radical (unpaired) electrons. The Morgan fingerprint density at radius 1 is 1.13 bits per heavy atom. The number of hydrogen-bond donors (Lipinski definition) is 2. The molecule has 0 aromatic heterocycles. The summed E-state index contributed by atoms with van der Waals surface area (Å²) in [6.07, 6.45) is 21.2. The lowest BCUT2D eigenvalue weighted by atomic mass is 10.1. The predicted octanol–water partition coefficient (Wildman–Crippen LogP) is 8.41. The summed E-state index contributed by atoms with van der Waals surface area (Å²) < 4.78 is 0. The molecule has 2 atom stereocenters. The van der Waals surface area contributed by atoms with Crippen molar-refractivity contribution in [1.82, 2.24) is 0 Å². The van der Waals surface area contributed by atoms with E-state index in [1.807, 2.05) is 61.7 Å². The fourth-order valence-corrected chi connectivity index (χ4v) is 2.15. The van der Waals surface area contributed by atoms with Crippen molar-refractivity contribution in [3.05, 3.63) is 84.2 Å². The molecular weight excluding hydrogens is 496 g/mol. The average molecular weight is 543 g/mol. The second-order valence-corrected chi connectivity index (χ2v) is 8.31. The van der Waals surface area contributed by atoms with E-state index < -0.39 is 5.97 Å². The highest BCUT2D eigenvalue weighted by Crippen LogP contribution is 2.08. The van der Waals surface area contributed by atoms with E-state index in [2.05, 4.69) is 36.5 Å². The van der Waals surface area contributed by atoms with Gasteiger partial charge < -0.3 is 10.8 Å². The number of carbonyl (C=O) groups is 1. The molecule has 7 heteroatoms. The van der Waals surface area contributed by atoms with Gasteiger partial charge in [0.25, 0.3) is 0 Å². The van der Waals surface area contributed by atoms with Crippen LogP contribution in [-0.4, -0.2) is 30.0 Å². The number of aliphatic carboxylic acids is 1. The van der Waals surface area contributed by atoms with Crippen LogP contribution in [0.3, 0.4) is 0 Å². The molecule has 3 N–H and O–H groups in total. The highest BCUT2D eigenvalue weighted by Gasteiger charge is 2.08. The largest absolute Gasteiger partial charge is 0.481 e. The third-order valence-corrected chi connectivity index (χ3v) is 4.60. The molecular formula is C31H47ClN4O2. The van der Waals surface area contributed by atoms with Crippen LogP contribution in [-0.2, 0) is 4.79 Å². The molecule has 1 aromatic rings. The molecule has 0 aliphatic heterocycles. The minimum atomic E-state index is -0.715. The fraction of sp³-hybridized carbons (Fsp3) is 0.419. The summed E-state index contributed by atoms with van der Waals surface area (Å²) in [5.41, 5.74) is 6.18. The van der Waals surface area contributed by atoms with Crippen molar-refractivity contribution in [1.29, 1.82) is 5.26 Å². The van der Waals surface area contributed by atoms with E-state index in [0.29, 0.717) is 6.54 Å². The lowest BCUT2D eigenvalue weighted by Gasteiger charge is -2.02. The smallest absolute Gasteiger partial charge is 0.306 e. The fourth-order valence-electron chi connectivity index (χ4n) is 2.02. The Hall–Kier alpha value is -3.27. The van der Waals surface area contributed by atoms with E-state index in [1.165, 1.54) is 0 Å². The summed E-state index contributed by atoms with van der Waals surface area (Å²) in [4.78, 5) is 18.6. The van der Waals surface area contributed by atoms with E-state index in [9.17, 15) is 4.79 Å². The van der Waals surface area contributed by atoms with E-state index in [4.69, 9.17) is 27.7 Å². The van der Waals surface area contributed by atoms with Crippen molar-refractivity contribution >= 4 is 30.0 Å². The first-order valence-corrected chi connectivity index (χ1v) is 13.3. The number of unbranched alkanes of at least 4 members (excludes halogenated alkanes) is 1. The summed E-state index contributed by atoms with van der Waals surface area (Å²) in [6, 6.07) is 9.54. The van der Waals surface area contributed by atoms with Crippen molar-refractivity contribution in [2.24, 2.45) is 27.6 Å². The molecule has 1 rings (SSSR count). The molecule has 0 amide bonds. The van der Waals surface area contributed by atoms with Crippen LogP contribution in [0.1, 0.15) is 72.3 Å². The van der Waals surface area contributed by atoms with E-state index in [1.54, 1.807) is 38.5 Å². The van der Waals surface area contributed by atoms with E-state index in [-0.39, 0.29) is 11.8 Å². The molecule has 0 heterocycles. The summed E-state index contributed by atoms with van der Waals surface area (Å²) in [7, 11) is 0. The van der Waals surface area contributed by atoms with Gasteiger partial charge in [0, 0.05) is 36.4 Å². The maximum atomic E-state index is 10.5. The third-order valence-electron chi connectivity index (χ3n) is 4.35. The van der Waals surface area contributed by atoms with Gasteiger partial charge in [-0.2, -0.15) is 5.26 Å². The molecule has 0 bridgehead atoms. The number of aliphatic imine (C=N–C) groups is 2. The summed E-state index contributed by atoms with van der Waals surface area (Å²) in [6.45, 7) is 13.7. The van der Waals surface area contributed by atoms with Crippen molar-refractivity contribution in [2.45, 2.75) is 66.7 Å². The van der Waals surface area contributed by atoms with Gasteiger partial charge in [0.05, 0.1) is 17.9 Å². The van der Waals surface area contributed by atoms with Crippen molar-refractivity contribution < 1.29 is 9.90 Å². The number of carboxylic acids is 1. The first-order chi connectivity index (χ1) is 18.2. The summed E-state index contributed by atoms with van der Waals surface area (Å²) in [5.74, 6) is -0.951. The van der Waals surface area contributed by atoms with Crippen LogP contribution >= 0.6 is 11.6 Å². The van der Waals surface area contributed by atoms with Gasteiger partial charge in [-0.25, -0.2) is 0 Å². The van der Waals surface area contributed by atoms with Gasteiger partial charge in [-0.1, -0.05) is 74.9 Å². The molecule has 0 aliphatic carbocycles. The zero-order chi connectivity index (χ0) is 29.4. The van der Waals surface area contributed by atoms with Crippen LogP contribution in [0.5, 0.6) is 0 Å². The van der Waals surface area contributed by atoms with Gasteiger partial charge in [0.2, 0.25) is 0 Å². The van der Waals surface area contributed by atoms with Gasteiger partial charge in [-0.3, -0.25) is 14.8 Å². The van der Waals surface area contributed by atoms with E-state index in [0.717, 1.165) is 42.7 Å². The minimum Gasteiger partial charge on any atom is -0.481 e. The van der Waals surface area contributed by atoms with Crippen LogP contribution in [0.4, 0.5) is 0 Å². The molecule has 210 valence electrons. The maximum absolute atomic E-state index is 10.5. The van der Waals surface area contributed by atoms with Gasteiger partial charge in [-0.05, 0) is 63.6 Å². The number of benzene rings is 1. The number of carboxylic acid groups (broad SMARTS) is 1. The van der Waals surface area contributed by atoms with Crippen LogP contribution in [0.15, 0.2) is 83.6 Å². The summed E-state index contributed by atoms with van der Waals surface area (Å²) in [5, 5.41) is 17.4. The van der Waals surface area contributed by atoms with Crippen molar-refractivity contribution in [3.8, 4) is 6.07 Å². The molecule has 2 unspecified atom stereocenters. The highest BCUT2D eigenvalue weighted by atomic mass is 35.5. The van der Waals surface area contributed by atoms with Gasteiger partial charge in [0.1, 0.15) is 0 Å². The average Bonchev–Trinajstić information content (AvgIpc) is 2.93. The normalized spacial score (nSPS) is 12.3. The van der Waals surface area contributed by atoms with Crippen LogP contribution < -0.4 is 5.73 Å². The number of rotatable bonds is 12. The van der Waals surface area contributed by atoms with Crippen molar-refractivity contribution in [3.63, 3.8) is 0 Å². The predicted molar refractivity (Wildman–Crippen MR) is 166 cm³/mol. The first-order valence-electron chi connectivity index (χ1n) is 12.9. The number of nitrogens with two attached hydrogens (primary N) is 1.